The molecule has 26 heavy (non-hydrogen) atoms. The quantitative estimate of drug-likeness (QED) is 0.892. The standard InChI is InChI=1S/C19H22N2O4S/c1-20-26(23,24)17-11-10-16(25-17)18(22)21-13-15-9-5-6-12-19(15,21)14-7-3-2-4-8-14/h2-4,7-8,10-11,15,20H,5-6,9,12-13H2,1H3/t15-,19-/m0/s1. The molecular weight excluding hydrogens is 352 g/mol. The van der Waals surface area contributed by atoms with E-state index in [9.17, 15) is 13.2 Å². The number of likely N-dealkylation sites (tertiary alicyclic amines) is 1. The number of nitrogens with one attached hydrogen (secondary N) is 1. The van der Waals surface area contributed by atoms with Crippen molar-refractivity contribution in [2.75, 3.05) is 13.6 Å². The highest BCUT2D eigenvalue weighted by Crippen LogP contribution is 2.54. The Labute approximate surface area is 153 Å². The predicted molar refractivity (Wildman–Crippen MR) is 96.1 cm³/mol. The van der Waals surface area contributed by atoms with Crippen molar-refractivity contribution in [1.82, 2.24) is 9.62 Å². The summed E-state index contributed by atoms with van der Waals surface area (Å²) in [6.45, 7) is 0.683. The topological polar surface area (TPSA) is 79.6 Å². The summed E-state index contributed by atoms with van der Waals surface area (Å²) >= 11 is 0. The Balaban J connectivity index is 1.68. The van der Waals surface area contributed by atoms with E-state index in [1.165, 1.54) is 25.6 Å². The molecule has 2 aromatic rings. The number of benzene rings is 1. The summed E-state index contributed by atoms with van der Waals surface area (Å²) in [5, 5.41) is -0.238. The lowest BCUT2D eigenvalue weighted by Gasteiger charge is -2.61. The Morgan fingerprint density at radius 2 is 1.96 bits per heavy atom. The molecule has 1 aliphatic heterocycles. The molecule has 7 heteroatoms. The molecule has 0 radical (unpaired) electrons. The van der Waals surface area contributed by atoms with Gasteiger partial charge in [0, 0.05) is 12.5 Å². The van der Waals surface area contributed by atoms with Gasteiger partial charge in [0.2, 0.25) is 5.09 Å². The van der Waals surface area contributed by atoms with E-state index in [4.69, 9.17) is 4.42 Å². The van der Waals surface area contributed by atoms with E-state index < -0.39 is 10.0 Å². The number of sulfonamides is 1. The van der Waals surface area contributed by atoms with Crippen molar-refractivity contribution in [2.45, 2.75) is 36.3 Å². The van der Waals surface area contributed by atoms with Crippen molar-refractivity contribution in [3.05, 3.63) is 53.8 Å². The number of rotatable bonds is 4. The third kappa shape index (κ3) is 2.49. The minimum Gasteiger partial charge on any atom is -0.438 e. The largest absolute Gasteiger partial charge is 0.438 e. The van der Waals surface area contributed by atoms with Gasteiger partial charge in [-0.1, -0.05) is 43.2 Å². The molecule has 0 unspecified atom stereocenters. The maximum Gasteiger partial charge on any atom is 0.290 e. The highest BCUT2D eigenvalue weighted by molar-refractivity contribution is 7.89. The zero-order valence-corrected chi connectivity index (χ0v) is 15.5. The number of nitrogens with zero attached hydrogens (tertiary/aromatic N) is 1. The van der Waals surface area contributed by atoms with Crippen molar-refractivity contribution in [3.63, 3.8) is 0 Å². The van der Waals surface area contributed by atoms with Crippen LogP contribution in [-0.4, -0.2) is 32.8 Å². The molecule has 1 saturated heterocycles. The molecule has 0 bridgehead atoms. The second-order valence-electron chi connectivity index (χ2n) is 6.97. The van der Waals surface area contributed by atoms with Gasteiger partial charge in [-0.15, -0.1) is 0 Å². The highest BCUT2D eigenvalue weighted by Gasteiger charge is 2.57. The highest BCUT2D eigenvalue weighted by atomic mass is 32.2. The van der Waals surface area contributed by atoms with Crippen LogP contribution in [0.25, 0.3) is 0 Å². The lowest BCUT2D eigenvalue weighted by Crippen LogP contribution is -2.67. The Morgan fingerprint density at radius 1 is 1.19 bits per heavy atom. The van der Waals surface area contributed by atoms with Crippen molar-refractivity contribution in [1.29, 1.82) is 0 Å². The van der Waals surface area contributed by atoms with E-state index in [1.807, 2.05) is 23.1 Å². The Kier molecular flexibility index (Phi) is 4.16. The SMILES string of the molecule is CNS(=O)(=O)c1ccc(C(=O)N2C[C@@H]3CCCC[C@]32c2ccccc2)o1. The molecule has 1 N–H and O–H groups in total. The first-order chi connectivity index (χ1) is 12.5. The van der Waals surface area contributed by atoms with Crippen LogP contribution in [0.2, 0.25) is 0 Å². The minimum absolute atomic E-state index is 0.0677. The van der Waals surface area contributed by atoms with Crippen LogP contribution in [0.5, 0.6) is 0 Å². The molecule has 6 nitrogen and oxygen atoms in total. The number of fused-ring (bicyclic) bond motifs is 1. The second-order valence-corrected chi connectivity index (χ2v) is 8.79. The molecule has 4 rings (SSSR count). The van der Waals surface area contributed by atoms with Crippen molar-refractivity contribution in [3.8, 4) is 0 Å². The fourth-order valence-corrected chi connectivity index (χ4v) is 5.08. The number of amides is 1. The van der Waals surface area contributed by atoms with E-state index >= 15 is 0 Å². The molecule has 1 aromatic heterocycles. The molecule has 1 saturated carbocycles. The number of hydrogen-bond donors (Lipinski definition) is 1. The Hall–Kier alpha value is -2.12. The first kappa shape index (κ1) is 17.3. The molecular formula is C19H22N2O4S. The average molecular weight is 374 g/mol. The van der Waals surface area contributed by atoms with E-state index in [1.54, 1.807) is 0 Å². The van der Waals surface area contributed by atoms with Crippen LogP contribution in [0, 0.1) is 5.92 Å². The molecule has 1 aliphatic carbocycles. The molecule has 1 aromatic carbocycles. The molecule has 0 spiro atoms. The minimum atomic E-state index is -3.70. The third-order valence-electron chi connectivity index (χ3n) is 5.77. The van der Waals surface area contributed by atoms with E-state index in [0.29, 0.717) is 12.5 Å². The summed E-state index contributed by atoms with van der Waals surface area (Å²) in [6, 6.07) is 12.9. The second kappa shape index (κ2) is 6.25. The summed E-state index contributed by atoms with van der Waals surface area (Å²) < 4.78 is 31.3. The number of furan rings is 1. The molecule has 2 fully saturated rings. The smallest absolute Gasteiger partial charge is 0.290 e. The maximum atomic E-state index is 13.1. The fraction of sp³-hybridized carbons (Fsp3) is 0.421. The number of carbonyl (C=O) groups is 1. The van der Waals surface area contributed by atoms with Gasteiger partial charge in [0.25, 0.3) is 15.9 Å². The number of hydrogen-bond acceptors (Lipinski definition) is 4. The van der Waals surface area contributed by atoms with Gasteiger partial charge in [-0.25, -0.2) is 13.1 Å². The monoisotopic (exact) mass is 374 g/mol. The Morgan fingerprint density at radius 3 is 2.65 bits per heavy atom. The zero-order chi connectivity index (χ0) is 18.4. The lowest BCUT2D eigenvalue weighted by atomic mass is 9.61. The van der Waals surface area contributed by atoms with Crippen molar-refractivity contribution in [2.24, 2.45) is 5.92 Å². The van der Waals surface area contributed by atoms with Crippen LogP contribution in [0.3, 0.4) is 0 Å². The summed E-state index contributed by atoms with van der Waals surface area (Å²) in [6.07, 6.45) is 4.30. The van der Waals surface area contributed by atoms with Gasteiger partial charge in [-0.2, -0.15) is 0 Å². The summed E-state index contributed by atoms with van der Waals surface area (Å²) in [4.78, 5) is 15.0. The van der Waals surface area contributed by atoms with Gasteiger partial charge in [-0.05, 0) is 37.6 Å². The van der Waals surface area contributed by atoms with Crippen LogP contribution < -0.4 is 4.72 Å². The van der Waals surface area contributed by atoms with Crippen molar-refractivity contribution >= 4 is 15.9 Å². The molecule has 138 valence electrons. The van der Waals surface area contributed by atoms with Gasteiger partial charge in [-0.3, -0.25) is 4.79 Å². The Bertz CT molecular complexity index is 922. The van der Waals surface area contributed by atoms with Crippen LogP contribution in [0.4, 0.5) is 0 Å². The average Bonchev–Trinajstić information content (AvgIpc) is 3.14. The predicted octanol–water partition coefficient (Wildman–Crippen LogP) is 2.73. The van der Waals surface area contributed by atoms with Crippen LogP contribution in [-0.2, 0) is 15.6 Å². The maximum absolute atomic E-state index is 13.1. The molecule has 2 aliphatic rings. The molecule has 2 heterocycles. The lowest BCUT2D eigenvalue weighted by molar-refractivity contribution is -0.0883. The molecule has 2 atom stereocenters. The summed E-state index contributed by atoms with van der Waals surface area (Å²) in [7, 11) is -2.39. The first-order valence-corrected chi connectivity index (χ1v) is 10.4. The van der Waals surface area contributed by atoms with Crippen molar-refractivity contribution < 1.29 is 17.6 Å². The van der Waals surface area contributed by atoms with Gasteiger partial charge < -0.3 is 9.32 Å². The van der Waals surface area contributed by atoms with E-state index in [0.717, 1.165) is 24.8 Å². The van der Waals surface area contributed by atoms with Crippen LogP contribution in [0.15, 0.2) is 52.0 Å². The van der Waals surface area contributed by atoms with Gasteiger partial charge in [0.05, 0.1) is 5.54 Å². The first-order valence-electron chi connectivity index (χ1n) is 8.90. The zero-order valence-electron chi connectivity index (χ0n) is 14.6. The summed E-state index contributed by atoms with van der Waals surface area (Å²) in [5.41, 5.74) is 0.852. The number of carbonyl (C=O) groups excluding carboxylic acids is 1. The molecule has 1 amide bonds. The van der Waals surface area contributed by atoms with Gasteiger partial charge >= 0.3 is 0 Å². The van der Waals surface area contributed by atoms with Crippen LogP contribution in [0.1, 0.15) is 41.8 Å². The van der Waals surface area contributed by atoms with Crippen LogP contribution >= 0.6 is 0 Å². The fourth-order valence-electron chi connectivity index (χ4n) is 4.44. The van der Waals surface area contributed by atoms with E-state index in [2.05, 4.69) is 16.9 Å². The van der Waals surface area contributed by atoms with Gasteiger partial charge in [0.1, 0.15) is 0 Å². The van der Waals surface area contributed by atoms with Gasteiger partial charge in [0.15, 0.2) is 5.76 Å². The van der Waals surface area contributed by atoms with E-state index in [-0.39, 0.29) is 22.3 Å². The normalized spacial score (nSPS) is 25.4. The summed E-state index contributed by atoms with van der Waals surface area (Å²) in [5.74, 6) is 0.265. The third-order valence-corrected chi connectivity index (χ3v) is 7.05.